The van der Waals surface area contributed by atoms with Crippen LogP contribution in [0.15, 0.2) is 0 Å². The van der Waals surface area contributed by atoms with Crippen molar-refractivity contribution in [1.82, 2.24) is 10.2 Å². The molecule has 13 heavy (non-hydrogen) atoms. The third kappa shape index (κ3) is 2.86. The lowest BCUT2D eigenvalue weighted by Gasteiger charge is -2.31. The van der Waals surface area contributed by atoms with Gasteiger partial charge in [-0.25, -0.2) is 4.79 Å². The highest BCUT2D eigenvalue weighted by Gasteiger charge is 2.22. The maximum atomic E-state index is 11.3. The van der Waals surface area contributed by atoms with Crippen molar-refractivity contribution in [2.75, 3.05) is 32.8 Å². The number of hydrogen-bond acceptors (Lipinski definition) is 3. The van der Waals surface area contributed by atoms with Gasteiger partial charge in [-0.05, 0) is 6.92 Å². The Morgan fingerprint density at radius 3 is 3.15 bits per heavy atom. The first-order valence-electron chi connectivity index (χ1n) is 4.53. The zero-order valence-corrected chi connectivity index (χ0v) is 7.82. The van der Waals surface area contributed by atoms with Crippen molar-refractivity contribution in [3.63, 3.8) is 0 Å². The van der Waals surface area contributed by atoms with Crippen LogP contribution < -0.4 is 5.32 Å². The largest absolute Gasteiger partial charge is 0.394 e. The molecule has 1 rings (SSSR count). The lowest BCUT2D eigenvalue weighted by Crippen LogP contribution is -2.50. The number of urea groups is 1. The Morgan fingerprint density at radius 1 is 1.77 bits per heavy atom. The minimum atomic E-state index is -0.226. The summed E-state index contributed by atoms with van der Waals surface area (Å²) in [7, 11) is 0. The predicted molar refractivity (Wildman–Crippen MR) is 47.5 cm³/mol. The van der Waals surface area contributed by atoms with Gasteiger partial charge >= 0.3 is 6.03 Å². The van der Waals surface area contributed by atoms with E-state index in [-0.39, 0.29) is 18.7 Å². The Morgan fingerprint density at radius 2 is 2.54 bits per heavy atom. The number of hydrogen-bond donors (Lipinski definition) is 2. The maximum absolute atomic E-state index is 11.3. The maximum Gasteiger partial charge on any atom is 0.317 e. The lowest BCUT2D eigenvalue weighted by atomic mass is 10.3. The average molecular weight is 188 g/mol. The van der Waals surface area contributed by atoms with Crippen molar-refractivity contribution in [1.29, 1.82) is 0 Å². The van der Waals surface area contributed by atoms with Gasteiger partial charge in [0, 0.05) is 13.1 Å². The molecule has 2 N–H and O–H groups in total. The predicted octanol–water partition coefficient (Wildman–Crippen LogP) is -0.591. The summed E-state index contributed by atoms with van der Waals surface area (Å²) in [6.45, 7) is 4.05. The van der Waals surface area contributed by atoms with Gasteiger partial charge in [0.15, 0.2) is 0 Å². The molecule has 0 spiro atoms. The van der Waals surface area contributed by atoms with Crippen LogP contribution in [0.2, 0.25) is 0 Å². The molecule has 0 aromatic rings. The summed E-state index contributed by atoms with van der Waals surface area (Å²) in [5.41, 5.74) is 0. The average Bonchev–Trinajstić information content (AvgIpc) is 2.18. The molecule has 1 heterocycles. The van der Waals surface area contributed by atoms with Crippen molar-refractivity contribution in [3.05, 3.63) is 0 Å². The van der Waals surface area contributed by atoms with Crippen LogP contribution in [-0.4, -0.2) is 55.0 Å². The summed E-state index contributed by atoms with van der Waals surface area (Å²) in [5.74, 6) is 0. The number of carbonyl (C=O) groups is 1. The Balaban J connectivity index is 2.37. The minimum Gasteiger partial charge on any atom is -0.394 e. The Kier molecular flexibility index (Phi) is 3.98. The highest BCUT2D eigenvalue weighted by atomic mass is 16.5. The smallest absolute Gasteiger partial charge is 0.317 e. The van der Waals surface area contributed by atoms with Gasteiger partial charge in [0.25, 0.3) is 0 Å². The fourth-order valence-electron chi connectivity index (χ4n) is 1.28. The molecule has 2 amide bonds. The van der Waals surface area contributed by atoms with Gasteiger partial charge in [0.1, 0.15) is 0 Å². The summed E-state index contributed by atoms with van der Waals surface area (Å²) in [6.07, 6.45) is -0.226. The minimum absolute atomic E-state index is 0.0318. The van der Waals surface area contributed by atoms with Crippen LogP contribution in [0.1, 0.15) is 6.92 Å². The monoisotopic (exact) mass is 188 g/mol. The summed E-state index contributed by atoms with van der Waals surface area (Å²) in [4.78, 5) is 13.0. The molecular formula is C8H16N2O3. The van der Waals surface area contributed by atoms with Crippen LogP contribution in [0.4, 0.5) is 4.79 Å². The van der Waals surface area contributed by atoms with Crippen LogP contribution in [0.3, 0.4) is 0 Å². The first-order chi connectivity index (χ1) is 6.27. The number of nitrogens with one attached hydrogen (secondary N) is 1. The first kappa shape index (κ1) is 10.3. The van der Waals surface area contributed by atoms with Crippen LogP contribution in [0, 0.1) is 0 Å². The van der Waals surface area contributed by atoms with Crippen molar-refractivity contribution >= 4 is 6.03 Å². The van der Waals surface area contributed by atoms with Crippen LogP contribution in [0.25, 0.3) is 0 Å². The number of rotatable bonds is 2. The second-order valence-electron chi connectivity index (χ2n) is 2.96. The lowest BCUT2D eigenvalue weighted by molar-refractivity contribution is -0.0402. The number of amides is 2. The molecule has 1 aliphatic rings. The van der Waals surface area contributed by atoms with E-state index in [0.717, 1.165) is 0 Å². The zero-order valence-electron chi connectivity index (χ0n) is 7.82. The van der Waals surface area contributed by atoms with Gasteiger partial charge in [-0.2, -0.15) is 0 Å². The van der Waals surface area contributed by atoms with E-state index in [4.69, 9.17) is 9.84 Å². The molecule has 0 radical (unpaired) electrons. The molecule has 1 atom stereocenters. The Bertz CT molecular complexity index is 175. The fraction of sp³-hybridized carbons (Fsp3) is 0.875. The number of carbonyl (C=O) groups excluding carboxylic acids is 1. The topological polar surface area (TPSA) is 61.8 Å². The first-order valence-corrected chi connectivity index (χ1v) is 4.53. The van der Waals surface area contributed by atoms with Crippen LogP contribution in [-0.2, 0) is 4.74 Å². The van der Waals surface area contributed by atoms with E-state index < -0.39 is 0 Å². The second-order valence-corrected chi connectivity index (χ2v) is 2.96. The fourth-order valence-corrected chi connectivity index (χ4v) is 1.28. The van der Waals surface area contributed by atoms with Gasteiger partial charge in [-0.3, -0.25) is 0 Å². The molecule has 0 aliphatic carbocycles. The summed E-state index contributed by atoms with van der Waals surface area (Å²) < 4.78 is 5.21. The van der Waals surface area contributed by atoms with Gasteiger partial charge in [0.2, 0.25) is 0 Å². The molecule has 1 saturated heterocycles. The molecule has 1 unspecified atom stereocenters. The molecule has 0 aromatic heterocycles. The van der Waals surface area contributed by atoms with E-state index >= 15 is 0 Å². The van der Waals surface area contributed by atoms with E-state index in [2.05, 4.69) is 5.32 Å². The molecule has 1 aliphatic heterocycles. The Labute approximate surface area is 77.7 Å². The van der Waals surface area contributed by atoms with E-state index in [1.165, 1.54) is 0 Å². The number of ether oxygens (including phenoxy) is 1. The van der Waals surface area contributed by atoms with Gasteiger partial charge < -0.3 is 20.1 Å². The van der Waals surface area contributed by atoms with E-state index in [1.54, 1.807) is 4.90 Å². The van der Waals surface area contributed by atoms with E-state index in [1.807, 2.05) is 6.92 Å². The number of nitrogens with zero attached hydrogens (tertiary/aromatic N) is 1. The molecule has 0 saturated carbocycles. The highest BCUT2D eigenvalue weighted by molar-refractivity contribution is 5.74. The van der Waals surface area contributed by atoms with Crippen molar-refractivity contribution in [3.8, 4) is 0 Å². The summed E-state index contributed by atoms with van der Waals surface area (Å²) >= 11 is 0. The third-order valence-corrected chi connectivity index (χ3v) is 1.96. The normalized spacial score (nSPS) is 22.9. The molecule has 1 fully saturated rings. The zero-order chi connectivity index (χ0) is 9.68. The van der Waals surface area contributed by atoms with E-state index in [9.17, 15) is 4.79 Å². The third-order valence-electron chi connectivity index (χ3n) is 1.96. The standard InChI is InChI=1S/C8H16N2O3/c1-2-9-8(12)10-3-4-13-7(5-10)6-11/h7,11H,2-6H2,1H3,(H,9,12). The quantitative estimate of drug-likeness (QED) is 0.609. The SMILES string of the molecule is CCNC(=O)N1CCOC(CO)C1. The van der Waals surface area contributed by atoms with Crippen LogP contribution in [0.5, 0.6) is 0 Å². The summed E-state index contributed by atoms with van der Waals surface area (Å²) in [6, 6.07) is -0.0794. The molecule has 5 nitrogen and oxygen atoms in total. The van der Waals surface area contributed by atoms with Crippen molar-refractivity contribution in [2.45, 2.75) is 13.0 Å². The highest BCUT2D eigenvalue weighted by Crippen LogP contribution is 2.04. The molecule has 5 heteroatoms. The molecular weight excluding hydrogens is 172 g/mol. The van der Waals surface area contributed by atoms with E-state index in [0.29, 0.717) is 26.2 Å². The second kappa shape index (κ2) is 5.04. The van der Waals surface area contributed by atoms with Gasteiger partial charge in [-0.1, -0.05) is 0 Å². The van der Waals surface area contributed by atoms with Gasteiger partial charge in [-0.15, -0.1) is 0 Å². The number of morpholine rings is 1. The number of aliphatic hydroxyl groups is 1. The summed E-state index contributed by atoms with van der Waals surface area (Å²) in [5, 5.41) is 11.5. The van der Waals surface area contributed by atoms with Crippen LogP contribution >= 0.6 is 0 Å². The molecule has 0 bridgehead atoms. The molecule has 76 valence electrons. The van der Waals surface area contributed by atoms with Gasteiger partial charge in [0.05, 0.1) is 25.9 Å². The Hall–Kier alpha value is -0.810. The van der Waals surface area contributed by atoms with Crippen molar-refractivity contribution < 1.29 is 14.6 Å². The van der Waals surface area contributed by atoms with Crippen molar-refractivity contribution in [2.24, 2.45) is 0 Å². The molecule has 0 aromatic carbocycles. The number of aliphatic hydroxyl groups excluding tert-OH is 1.